The molecule has 2 fully saturated rings. The molecule has 2 aromatic rings. The zero-order valence-corrected chi connectivity index (χ0v) is 21.3. The van der Waals surface area contributed by atoms with Gasteiger partial charge in [-0.05, 0) is 37.8 Å². The molecule has 1 aromatic heterocycles. The lowest BCUT2D eigenvalue weighted by Gasteiger charge is -2.36. The van der Waals surface area contributed by atoms with E-state index in [4.69, 9.17) is 9.57 Å². The number of rotatable bonds is 15. The highest BCUT2D eigenvalue weighted by Gasteiger charge is 2.35. The molecule has 12 heteroatoms. The Hall–Kier alpha value is -2.38. The zero-order valence-electron chi connectivity index (χ0n) is 20.5. The lowest BCUT2D eigenvalue weighted by molar-refractivity contribution is -0.135. The molecule has 0 atom stereocenters. The van der Waals surface area contributed by atoms with E-state index in [-0.39, 0.29) is 23.2 Å². The maximum Gasteiger partial charge on any atom is 0.253 e. The minimum Gasteiger partial charge on any atom is -0.380 e. The van der Waals surface area contributed by atoms with E-state index in [1.54, 1.807) is 24.5 Å². The number of pyridine rings is 1. The van der Waals surface area contributed by atoms with E-state index >= 15 is 0 Å². The van der Waals surface area contributed by atoms with E-state index in [0.717, 1.165) is 32.4 Å². The average Bonchev–Trinajstić information content (AvgIpc) is 2.86. The van der Waals surface area contributed by atoms with Gasteiger partial charge in [0.05, 0.1) is 31.6 Å². The van der Waals surface area contributed by atoms with E-state index in [9.17, 15) is 18.0 Å². The highest BCUT2D eigenvalue weighted by atomic mass is 32.2. The summed E-state index contributed by atoms with van der Waals surface area (Å²) in [4.78, 5) is 35.8. The van der Waals surface area contributed by atoms with Crippen molar-refractivity contribution in [3.8, 4) is 0 Å². The van der Waals surface area contributed by atoms with Gasteiger partial charge in [0, 0.05) is 44.3 Å². The molecule has 2 heterocycles. The summed E-state index contributed by atoms with van der Waals surface area (Å²) in [5.41, 5.74) is 0.103. The van der Waals surface area contributed by atoms with Crippen LogP contribution < -0.4 is 21.5 Å². The highest BCUT2D eigenvalue weighted by Crippen LogP contribution is 2.28. The molecule has 1 saturated heterocycles. The minimum absolute atomic E-state index is 0.0238. The van der Waals surface area contributed by atoms with Crippen LogP contribution in [0, 0.1) is 0 Å². The van der Waals surface area contributed by atoms with Crippen LogP contribution in [0.4, 0.5) is 17.1 Å². The number of morpholine rings is 1. The molecule has 1 saturated carbocycles. The number of aromatic nitrogens is 1. The zero-order chi connectivity index (χ0) is 25.4. The summed E-state index contributed by atoms with van der Waals surface area (Å²) >= 11 is 0. The number of nitrogens with one attached hydrogen (secondary N) is 2. The fourth-order valence-electron chi connectivity index (χ4n) is 4.24. The smallest absolute Gasteiger partial charge is 0.253 e. The molecule has 11 nitrogen and oxygen atoms in total. The van der Waals surface area contributed by atoms with E-state index in [2.05, 4.69) is 20.5 Å². The molecule has 1 aromatic carbocycles. The second kappa shape index (κ2) is 12.7. The van der Waals surface area contributed by atoms with Crippen LogP contribution in [0.2, 0.25) is 0 Å². The normalized spacial score (nSPS) is 17.4. The Kier molecular flexibility index (Phi) is 9.43. The number of unbranched alkanes of at least 4 members (excludes halogenated alkanes) is 2. The first-order valence-electron chi connectivity index (χ1n) is 12.6. The van der Waals surface area contributed by atoms with Crippen LogP contribution in [-0.4, -0.2) is 80.6 Å². The summed E-state index contributed by atoms with van der Waals surface area (Å²) in [5, 5.41) is 5.97. The number of sulfonamides is 1. The van der Waals surface area contributed by atoms with Gasteiger partial charge in [-0.2, -0.15) is 0 Å². The van der Waals surface area contributed by atoms with Gasteiger partial charge in [0.15, 0.2) is 0 Å². The second-order valence-electron chi connectivity index (χ2n) is 9.20. The van der Waals surface area contributed by atoms with Crippen molar-refractivity contribution in [3.63, 3.8) is 0 Å². The van der Waals surface area contributed by atoms with Crippen LogP contribution in [0.1, 0.15) is 38.5 Å². The molecule has 36 heavy (non-hydrogen) atoms. The topological polar surface area (TPSA) is 130 Å². The summed E-state index contributed by atoms with van der Waals surface area (Å²) in [6.45, 7) is 4.57. The Bertz CT molecular complexity index is 1140. The van der Waals surface area contributed by atoms with Crippen LogP contribution in [-0.2, 0) is 19.6 Å². The number of hydrogen-bond donors (Lipinski definition) is 2. The molecule has 2 aliphatic rings. The molecule has 198 valence electrons. The molecule has 0 bridgehead atoms. The standard InChI is InChI=1S/C24H35N5O6S/c30-23-21(22(24(23)31)27-19-7-10-25-11-8-19)26-9-2-1-3-18-36(32,33)29(20-5-4-6-20)35-17-14-28-12-15-34-16-13-28/h7-8,10-11,20,26H,1-6,9,12-18H2,(H,25,27). The maximum absolute atomic E-state index is 13.0. The number of hydroxylamine groups is 1. The molecule has 1 aliphatic carbocycles. The van der Waals surface area contributed by atoms with E-state index < -0.39 is 20.9 Å². The quantitative estimate of drug-likeness (QED) is 0.202. The Labute approximate surface area is 211 Å². The first-order valence-corrected chi connectivity index (χ1v) is 14.3. The van der Waals surface area contributed by atoms with Crippen molar-refractivity contribution in [1.29, 1.82) is 0 Å². The van der Waals surface area contributed by atoms with Crippen molar-refractivity contribution in [1.82, 2.24) is 14.4 Å². The van der Waals surface area contributed by atoms with Crippen LogP contribution in [0.15, 0.2) is 34.1 Å². The third-order valence-corrected chi connectivity index (χ3v) is 8.37. The van der Waals surface area contributed by atoms with Gasteiger partial charge in [0.25, 0.3) is 10.9 Å². The lowest BCUT2D eigenvalue weighted by atomic mass is 9.94. The fraction of sp³-hybridized carbons (Fsp3) is 0.625. The average molecular weight is 522 g/mol. The van der Waals surface area contributed by atoms with Gasteiger partial charge >= 0.3 is 0 Å². The lowest BCUT2D eigenvalue weighted by Crippen LogP contribution is -2.46. The van der Waals surface area contributed by atoms with Crippen molar-refractivity contribution in [3.05, 3.63) is 45.0 Å². The molecule has 0 radical (unpaired) electrons. The number of anilines is 3. The molecule has 0 unspecified atom stereocenters. The van der Waals surface area contributed by atoms with Crippen molar-refractivity contribution < 1.29 is 18.0 Å². The molecular formula is C24H35N5O6S. The molecule has 1 aliphatic heterocycles. The van der Waals surface area contributed by atoms with Gasteiger partial charge in [-0.1, -0.05) is 17.3 Å². The summed E-state index contributed by atoms with van der Waals surface area (Å²) < 4.78 is 32.6. The molecule has 2 N–H and O–H groups in total. The van der Waals surface area contributed by atoms with Crippen LogP contribution in [0.5, 0.6) is 0 Å². The van der Waals surface area contributed by atoms with Crippen molar-refractivity contribution in [2.45, 2.75) is 44.6 Å². The van der Waals surface area contributed by atoms with Crippen molar-refractivity contribution in [2.75, 3.05) is 62.4 Å². The van der Waals surface area contributed by atoms with Gasteiger partial charge in [-0.25, -0.2) is 8.42 Å². The Morgan fingerprint density at radius 3 is 2.47 bits per heavy atom. The number of hydrogen-bond acceptors (Lipinski definition) is 10. The highest BCUT2D eigenvalue weighted by molar-refractivity contribution is 7.88. The largest absolute Gasteiger partial charge is 0.380 e. The summed E-state index contributed by atoms with van der Waals surface area (Å²) in [6.07, 6.45) is 7.70. The predicted octanol–water partition coefficient (Wildman–Crippen LogP) is 1.45. The van der Waals surface area contributed by atoms with Gasteiger partial charge < -0.3 is 15.4 Å². The predicted molar refractivity (Wildman–Crippen MR) is 138 cm³/mol. The van der Waals surface area contributed by atoms with E-state index in [0.29, 0.717) is 57.9 Å². The Morgan fingerprint density at radius 1 is 1.06 bits per heavy atom. The van der Waals surface area contributed by atoms with Gasteiger partial charge in [-0.15, -0.1) is 0 Å². The molecule has 0 spiro atoms. The van der Waals surface area contributed by atoms with Crippen LogP contribution in [0.3, 0.4) is 0 Å². The summed E-state index contributed by atoms with van der Waals surface area (Å²) in [5.74, 6) is 0.0238. The molecule has 0 amide bonds. The Balaban J connectivity index is 1.18. The van der Waals surface area contributed by atoms with Crippen LogP contribution in [0.25, 0.3) is 0 Å². The second-order valence-corrected chi connectivity index (χ2v) is 11.1. The monoisotopic (exact) mass is 521 g/mol. The third-order valence-electron chi connectivity index (χ3n) is 6.62. The summed E-state index contributed by atoms with van der Waals surface area (Å²) in [6, 6.07) is 3.35. The van der Waals surface area contributed by atoms with E-state index in [1.165, 1.54) is 4.47 Å². The Morgan fingerprint density at radius 2 is 1.78 bits per heavy atom. The summed E-state index contributed by atoms with van der Waals surface area (Å²) in [7, 11) is -3.52. The maximum atomic E-state index is 13.0. The van der Waals surface area contributed by atoms with Crippen molar-refractivity contribution >= 4 is 27.1 Å². The molecular weight excluding hydrogens is 486 g/mol. The number of ether oxygens (including phenoxy) is 1. The van der Waals surface area contributed by atoms with Gasteiger partial charge in [-0.3, -0.25) is 24.3 Å². The molecule has 4 rings (SSSR count). The third kappa shape index (κ3) is 6.88. The number of nitrogens with zero attached hydrogens (tertiary/aromatic N) is 3. The first-order chi connectivity index (χ1) is 17.5. The van der Waals surface area contributed by atoms with Gasteiger partial charge in [0.1, 0.15) is 11.4 Å². The van der Waals surface area contributed by atoms with Crippen molar-refractivity contribution in [2.24, 2.45) is 0 Å². The van der Waals surface area contributed by atoms with E-state index in [1.807, 2.05) is 0 Å². The fourth-order valence-corrected chi connectivity index (χ4v) is 5.89. The first kappa shape index (κ1) is 26.7. The van der Waals surface area contributed by atoms with Crippen LogP contribution >= 0.6 is 0 Å². The van der Waals surface area contributed by atoms with Gasteiger partial charge in [0.2, 0.25) is 10.0 Å². The minimum atomic E-state index is -3.52. The SMILES string of the molecule is O=c1c(NCCCCCS(=O)(=O)N(OCCN2CCOCC2)C2CCC2)c(Nc2ccncc2)c1=O.